The van der Waals surface area contributed by atoms with Gasteiger partial charge in [0.15, 0.2) is 12.1 Å². The zero-order chi connectivity index (χ0) is 11.6. The minimum atomic E-state index is -1.37. The molecule has 1 saturated heterocycles. The molecule has 4 atom stereocenters. The van der Waals surface area contributed by atoms with Crippen molar-refractivity contribution in [2.24, 2.45) is 0 Å². The minimum absolute atomic E-state index is 0.108. The van der Waals surface area contributed by atoms with E-state index < -0.39 is 30.4 Å². The van der Waals surface area contributed by atoms with Crippen LogP contribution in [0.1, 0.15) is 20.3 Å². The Kier molecular flexibility index (Phi) is 4.05. The van der Waals surface area contributed by atoms with Crippen LogP contribution in [0.15, 0.2) is 0 Å². The van der Waals surface area contributed by atoms with Crippen molar-refractivity contribution in [3.63, 3.8) is 0 Å². The predicted molar refractivity (Wildman–Crippen MR) is 49.8 cm³/mol. The van der Waals surface area contributed by atoms with Gasteiger partial charge in [-0.15, -0.1) is 0 Å². The Balaban J connectivity index is 2.61. The normalized spacial score (nSPS) is 38.0. The molecule has 0 saturated carbocycles. The number of hydrogen-bond acceptors (Lipinski definition) is 6. The van der Waals surface area contributed by atoms with Crippen LogP contribution in [0, 0.1) is 0 Å². The molecule has 2 unspecified atom stereocenters. The fourth-order valence-electron chi connectivity index (χ4n) is 1.52. The quantitative estimate of drug-likeness (QED) is 0.436. The van der Waals surface area contributed by atoms with E-state index in [-0.39, 0.29) is 13.0 Å². The van der Waals surface area contributed by atoms with E-state index in [2.05, 4.69) is 0 Å². The molecule has 0 amide bonds. The third kappa shape index (κ3) is 3.67. The molecule has 15 heavy (non-hydrogen) atoms. The zero-order valence-corrected chi connectivity index (χ0v) is 8.83. The summed E-state index contributed by atoms with van der Waals surface area (Å²) in [5, 5.41) is 36.9. The molecule has 0 aromatic heterocycles. The minimum Gasteiger partial charge on any atom is -0.394 e. The van der Waals surface area contributed by atoms with Crippen molar-refractivity contribution in [3.8, 4) is 0 Å². The largest absolute Gasteiger partial charge is 0.394 e. The van der Waals surface area contributed by atoms with Crippen LogP contribution < -0.4 is 0 Å². The van der Waals surface area contributed by atoms with E-state index in [1.807, 2.05) is 0 Å². The van der Waals surface area contributed by atoms with E-state index in [1.54, 1.807) is 0 Å². The molecule has 0 radical (unpaired) electrons. The smallest absolute Gasteiger partial charge is 0.181 e. The van der Waals surface area contributed by atoms with Crippen molar-refractivity contribution in [2.45, 2.75) is 50.7 Å². The second-order valence-electron chi connectivity index (χ2n) is 4.15. The third-order valence-corrected chi connectivity index (χ3v) is 2.15. The van der Waals surface area contributed by atoms with Gasteiger partial charge >= 0.3 is 0 Å². The van der Waals surface area contributed by atoms with Gasteiger partial charge in [-0.05, 0) is 13.8 Å². The highest BCUT2D eigenvalue weighted by molar-refractivity contribution is 4.82. The molecule has 90 valence electrons. The average molecular weight is 222 g/mol. The van der Waals surface area contributed by atoms with E-state index in [9.17, 15) is 15.3 Å². The van der Waals surface area contributed by atoms with Crippen LogP contribution in [0.2, 0.25) is 0 Å². The first-order valence-electron chi connectivity index (χ1n) is 4.86. The number of ether oxygens (including phenoxy) is 2. The fraction of sp³-hybridized carbons (Fsp3) is 1.00. The van der Waals surface area contributed by atoms with E-state index in [0.29, 0.717) is 0 Å². The van der Waals surface area contributed by atoms with Gasteiger partial charge in [0.25, 0.3) is 0 Å². The second kappa shape index (κ2) is 4.73. The summed E-state index contributed by atoms with van der Waals surface area (Å²) in [4.78, 5) is 0. The van der Waals surface area contributed by atoms with Crippen LogP contribution in [-0.4, -0.2) is 57.4 Å². The second-order valence-corrected chi connectivity index (χ2v) is 4.15. The fourth-order valence-corrected chi connectivity index (χ4v) is 1.52. The molecule has 0 bridgehead atoms. The Morgan fingerprint density at radius 2 is 2.00 bits per heavy atom. The first kappa shape index (κ1) is 12.8. The highest BCUT2D eigenvalue weighted by atomic mass is 16.7. The van der Waals surface area contributed by atoms with Gasteiger partial charge in [0.2, 0.25) is 0 Å². The summed E-state index contributed by atoms with van der Waals surface area (Å²) in [7, 11) is 0. The molecule has 6 heteroatoms. The maximum atomic E-state index is 9.43. The van der Waals surface area contributed by atoms with Gasteiger partial charge in [-0.1, -0.05) is 0 Å². The van der Waals surface area contributed by atoms with Crippen molar-refractivity contribution in [2.75, 3.05) is 6.61 Å². The number of hydrogen-bond donors (Lipinski definition) is 4. The zero-order valence-electron chi connectivity index (χ0n) is 8.83. The highest BCUT2D eigenvalue weighted by Gasteiger charge is 2.38. The Bertz CT molecular complexity index is 201. The number of aliphatic hydroxyl groups excluding tert-OH is 3. The molecule has 0 aromatic rings. The lowest BCUT2D eigenvalue weighted by Crippen LogP contribution is -2.51. The van der Waals surface area contributed by atoms with E-state index >= 15 is 0 Å². The van der Waals surface area contributed by atoms with Gasteiger partial charge in [-0.3, -0.25) is 0 Å². The van der Waals surface area contributed by atoms with Crippen molar-refractivity contribution >= 4 is 0 Å². The molecule has 1 rings (SSSR count). The summed E-state index contributed by atoms with van der Waals surface area (Å²) < 4.78 is 10.1. The molecule has 1 aliphatic heterocycles. The Labute approximate surface area is 88.1 Å². The lowest BCUT2D eigenvalue weighted by molar-refractivity contribution is -0.299. The van der Waals surface area contributed by atoms with Gasteiger partial charge in [-0.25, -0.2) is 0 Å². The van der Waals surface area contributed by atoms with Gasteiger partial charge in [0.1, 0.15) is 12.2 Å². The van der Waals surface area contributed by atoms with E-state index in [0.717, 1.165) is 0 Å². The molecule has 1 heterocycles. The van der Waals surface area contributed by atoms with Crippen LogP contribution in [0.3, 0.4) is 0 Å². The van der Waals surface area contributed by atoms with Crippen molar-refractivity contribution in [1.82, 2.24) is 0 Å². The molecule has 0 aromatic carbocycles. The summed E-state index contributed by atoms with van der Waals surface area (Å²) >= 11 is 0. The molecular formula is C9H18O6. The summed E-state index contributed by atoms with van der Waals surface area (Å²) in [6.45, 7) is 2.54. The molecule has 1 aliphatic rings. The molecule has 0 aliphatic carbocycles. The first-order chi connectivity index (χ1) is 6.83. The monoisotopic (exact) mass is 222 g/mol. The summed E-state index contributed by atoms with van der Waals surface area (Å²) in [6, 6.07) is 0. The topological polar surface area (TPSA) is 99.4 Å². The summed E-state index contributed by atoms with van der Waals surface area (Å²) in [5.41, 5.74) is 0. The molecule has 1 fully saturated rings. The molecule has 0 spiro atoms. The van der Waals surface area contributed by atoms with Crippen molar-refractivity contribution in [3.05, 3.63) is 0 Å². The summed E-state index contributed by atoms with van der Waals surface area (Å²) in [5.74, 6) is -1.37. The Hall–Kier alpha value is -0.240. The van der Waals surface area contributed by atoms with Crippen LogP contribution in [0.4, 0.5) is 0 Å². The Morgan fingerprint density at radius 1 is 1.40 bits per heavy atom. The van der Waals surface area contributed by atoms with Gasteiger partial charge < -0.3 is 29.9 Å². The molecular weight excluding hydrogens is 204 g/mol. The first-order valence-corrected chi connectivity index (χ1v) is 4.86. The Morgan fingerprint density at radius 3 is 2.47 bits per heavy atom. The SMILES string of the molecule is CC(C)(O)O[C@H]1CC(O)[C@@H](O)OC1CO. The highest BCUT2D eigenvalue weighted by Crippen LogP contribution is 2.24. The van der Waals surface area contributed by atoms with Crippen LogP contribution in [0.5, 0.6) is 0 Å². The van der Waals surface area contributed by atoms with E-state index in [1.165, 1.54) is 13.8 Å². The maximum absolute atomic E-state index is 9.43. The average Bonchev–Trinajstić information content (AvgIpc) is 2.08. The molecule has 4 N–H and O–H groups in total. The maximum Gasteiger partial charge on any atom is 0.181 e. The van der Waals surface area contributed by atoms with Gasteiger partial charge in [0, 0.05) is 6.42 Å². The number of aliphatic hydroxyl groups is 4. The standard InChI is InChI=1S/C9H18O6/c1-9(2,13)15-6-3-5(11)8(12)14-7(6)4-10/h5-8,10-13H,3-4H2,1-2H3/t5?,6-,7?,8-/m0/s1. The lowest BCUT2D eigenvalue weighted by Gasteiger charge is -2.38. The van der Waals surface area contributed by atoms with E-state index in [4.69, 9.17) is 14.6 Å². The van der Waals surface area contributed by atoms with Crippen LogP contribution in [-0.2, 0) is 9.47 Å². The van der Waals surface area contributed by atoms with Gasteiger partial charge in [0.05, 0.1) is 12.7 Å². The third-order valence-electron chi connectivity index (χ3n) is 2.15. The van der Waals surface area contributed by atoms with Crippen LogP contribution in [0.25, 0.3) is 0 Å². The lowest BCUT2D eigenvalue weighted by atomic mass is 10.0. The van der Waals surface area contributed by atoms with Gasteiger partial charge in [-0.2, -0.15) is 0 Å². The predicted octanol–water partition coefficient (Wildman–Crippen LogP) is -1.44. The van der Waals surface area contributed by atoms with Crippen molar-refractivity contribution < 1.29 is 29.9 Å². The number of rotatable bonds is 3. The summed E-state index contributed by atoms with van der Waals surface area (Å²) in [6.07, 6.45) is -3.66. The van der Waals surface area contributed by atoms with Crippen molar-refractivity contribution in [1.29, 1.82) is 0 Å². The van der Waals surface area contributed by atoms with Crippen LogP contribution >= 0.6 is 0 Å². The molecule has 6 nitrogen and oxygen atoms in total.